The van der Waals surface area contributed by atoms with Crippen LogP contribution in [0.1, 0.15) is 18.4 Å². The van der Waals surface area contributed by atoms with Gasteiger partial charge in [-0.2, -0.15) is 0 Å². The van der Waals surface area contributed by atoms with Crippen molar-refractivity contribution in [3.63, 3.8) is 0 Å². The van der Waals surface area contributed by atoms with Gasteiger partial charge in [-0.15, -0.1) is 0 Å². The van der Waals surface area contributed by atoms with Gasteiger partial charge in [-0.3, -0.25) is 0 Å². The first kappa shape index (κ1) is 11.4. The van der Waals surface area contributed by atoms with Gasteiger partial charge in [0.1, 0.15) is 5.82 Å². The van der Waals surface area contributed by atoms with E-state index in [-0.39, 0.29) is 13.2 Å². The Morgan fingerprint density at radius 1 is 1.38 bits per heavy atom. The van der Waals surface area contributed by atoms with Crippen LogP contribution in [0.15, 0.2) is 18.3 Å². The van der Waals surface area contributed by atoms with Crippen LogP contribution in [0.4, 0.5) is 5.82 Å². The van der Waals surface area contributed by atoms with E-state index < -0.39 is 0 Å². The predicted octanol–water partition coefficient (Wildman–Crippen LogP) is 0.783. The van der Waals surface area contributed by atoms with E-state index in [1.807, 2.05) is 12.1 Å². The van der Waals surface area contributed by atoms with Crippen molar-refractivity contribution in [1.29, 1.82) is 0 Å². The first-order chi connectivity index (χ1) is 7.83. The summed E-state index contributed by atoms with van der Waals surface area (Å²) in [6.07, 6.45) is 3.91. The third-order valence-electron chi connectivity index (χ3n) is 3.09. The fourth-order valence-electron chi connectivity index (χ4n) is 2.12. The van der Waals surface area contributed by atoms with E-state index in [2.05, 4.69) is 9.88 Å². The fourth-order valence-corrected chi connectivity index (χ4v) is 2.12. The Morgan fingerprint density at radius 2 is 2.25 bits per heavy atom. The molecule has 1 aromatic rings. The van der Waals surface area contributed by atoms with Crippen LogP contribution in [0.3, 0.4) is 0 Å². The van der Waals surface area contributed by atoms with Gasteiger partial charge in [0.05, 0.1) is 6.61 Å². The molecule has 2 N–H and O–H groups in total. The molecule has 88 valence electrons. The Hall–Kier alpha value is -1.13. The van der Waals surface area contributed by atoms with Crippen LogP contribution in [0, 0.1) is 5.92 Å². The number of pyridine rings is 1. The van der Waals surface area contributed by atoms with Gasteiger partial charge in [0.15, 0.2) is 0 Å². The van der Waals surface area contributed by atoms with Gasteiger partial charge >= 0.3 is 0 Å². The molecule has 2 rings (SSSR count). The molecule has 0 aromatic carbocycles. The van der Waals surface area contributed by atoms with E-state index in [1.165, 1.54) is 0 Å². The summed E-state index contributed by atoms with van der Waals surface area (Å²) in [6, 6.07) is 3.83. The van der Waals surface area contributed by atoms with E-state index in [0.29, 0.717) is 5.92 Å². The van der Waals surface area contributed by atoms with Crippen molar-refractivity contribution in [1.82, 2.24) is 4.98 Å². The molecule has 4 heteroatoms. The highest BCUT2D eigenvalue weighted by Crippen LogP contribution is 2.21. The molecule has 1 saturated heterocycles. The topological polar surface area (TPSA) is 56.6 Å². The predicted molar refractivity (Wildman–Crippen MR) is 62.2 cm³/mol. The third-order valence-corrected chi connectivity index (χ3v) is 3.09. The average Bonchev–Trinajstić information content (AvgIpc) is 2.39. The van der Waals surface area contributed by atoms with Crippen LogP contribution >= 0.6 is 0 Å². The highest BCUT2D eigenvalue weighted by molar-refractivity contribution is 5.39. The minimum absolute atomic E-state index is 0.0343. The molecule has 1 aliphatic heterocycles. The van der Waals surface area contributed by atoms with Crippen LogP contribution in [-0.4, -0.2) is 34.9 Å². The van der Waals surface area contributed by atoms with Crippen molar-refractivity contribution in [2.45, 2.75) is 19.4 Å². The van der Waals surface area contributed by atoms with Crippen molar-refractivity contribution >= 4 is 5.82 Å². The Balaban J connectivity index is 2.05. The molecule has 1 aliphatic rings. The maximum atomic E-state index is 9.16. The van der Waals surface area contributed by atoms with E-state index >= 15 is 0 Å². The number of hydrogen-bond acceptors (Lipinski definition) is 4. The van der Waals surface area contributed by atoms with Crippen molar-refractivity contribution in [2.24, 2.45) is 5.92 Å². The quantitative estimate of drug-likeness (QED) is 0.793. The van der Waals surface area contributed by atoms with Crippen molar-refractivity contribution in [3.8, 4) is 0 Å². The largest absolute Gasteiger partial charge is 0.396 e. The number of hydrogen-bond donors (Lipinski definition) is 2. The Morgan fingerprint density at radius 3 is 2.88 bits per heavy atom. The van der Waals surface area contributed by atoms with E-state index in [0.717, 1.165) is 37.3 Å². The number of anilines is 1. The molecule has 1 aromatic heterocycles. The molecule has 4 nitrogen and oxygen atoms in total. The molecule has 0 amide bonds. The molecule has 1 unspecified atom stereocenters. The number of aliphatic hydroxyl groups excluding tert-OH is 2. The second-order valence-electron chi connectivity index (χ2n) is 4.32. The maximum absolute atomic E-state index is 9.16. The SMILES string of the molecule is OCc1ccc(N2CCCC(CO)C2)nc1. The molecule has 0 saturated carbocycles. The van der Waals surface area contributed by atoms with Gasteiger partial charge in [0.2, 0.25) is 0 Å². The van der Waals surface area contributed by atoms with Crippen LogP contribution in [0.5, 0.6) is 0 Å². The second-order valence-corrected chi connectivity index (χ2v) is 4.32. The summed E-state index contributed by atoms with van der Waals surface area (Å²) in [7, 11) is 0. The van der Waals surface area contributed by atoms with Crippen molar-refractivity contribution in [2.75, 3.05) is 24.6 Å². The average molecular weight is 222 g/mol. The van der Waals surface area contributed by atoms with Gasteiger partial charge in [-0.1, -0.05) is 6.07 Å². The highest BCUT2D eigenvalue weighted by atomic mass is 16.3. The summed E-state index contributed by atoms with van der Waals surface area (Å²) in [5.41, 5.74) is 0.833. The smallest absolute Gasteiger partial charge is 0.128 e. The molecule has 1 fully saturated rings. The van der Waals surface area contributed by atoms with Gasteiger partial charge < -0.3 is 15.1 Å². The summed E-state index contributed by atoms with van der Waals surface area (Å²) in [5, 5.41) is 18.1. The molecule has 0 spiro atoms. The second kappa shape index (κ2) is 5.27. The summed E-state index contributed by atoms with van der Waals surface area (Å²) in [6.45, 7) is 2.17. The zero-order valence-corrected chi connectivity index (χ0v) is 9.34. The van der Waals surface area contributed by atoms with Gasteiger partial charge in [0.25, 0.3) is 0 Å². The normalized spacial score (nSPS) is 21.1. The van der Waals surface area contributed by atoms with Crippen LogP contribution in [0.25, 0.3) is 0 Å². The number of rotatable bonds is 3. The lowest BCUT2D eigenvalue weighted by molar-refractivity contribution is 0.208. The van der Waals surface area contributed by atoms with Gasteiger partial charge in [-0.25, -0.2) is 4.98 Å². The van der Waals surface area contributed by atoms with Gasteiger partial charge in [0, 0.05) is 25.9 Å². The monoisotopic (exact) mass is 222 g/mol. The van der Waals surface area contributed by atoms with Crippen LogP contribution < -0.4 is 4.90 Å². The Kier molecular flexibility index (Phi) is 3.74. The first-order valence-corrected chi connectivity index (χ1v) is 5.75. The zero-order chi connectivity index (χ0) is 11.4. The minimum atomic E-state index is 0.0343. The Bertz CT molecular complexity index is 326. The molecule has 16 heavy (non-hydrogen) atoms. The van der Waals surface area contributed by atoms with Crippen LogP contribution in [-0.2, 0) is 6.61 Å². The first-order valence-electron chi connectivity index (χ1n) is 5.75. The number of aliphatic hydroxyl groups is 2. The highest BCUT2D eigenvalue weighted by Gasteiger charge is 2.19. The lowest BCUT2D eigenvalue weighted by Crippen LogP contribution is -2.37. The van der Waals surface area contributed by atoms with Crippen molar-refractivity contribution < 1.29 is 10.2 Å². The lowest BCUT2D eigenvalue weighted by atomic mass is 9.99. The summed E-state index contributed by atoms with van der Waals surface area (Å²) < 4.78 is 0. The summed E-state index contributed by atoms with van der Waals surface area (Å²) in [4.78, 5) is 6.53. The summed E-state index contributed by atoms with van der Waals surface area (Å²) >= 11 is 0. The fraction of sp³-hybridized carbons (Fsp3) is 0.583. The van der Waals surface area contributed by atoms with Gasteiger partial charge in [-0.05, 0) is 30.4 Å². The number of nitrogens with zero attached hydrogens (tertiary/aromatic N) is 2. The molecule has 2 heterocycles. The standard InChI is InChI=1S/C12H18N2O2/c15-8-10-3-4-12(13-6-10)14-5-1-2-11(7-14)9-16/h3-4,6,11,15-16H,1-2,5,7-9H2. The minimum Gasteiger partial charge on any atom is -0.396 e. The molecular weight excluding hydrogens is 204 g/mol. The van der Waals surface area contributed by atoms with E-state index in [1.54, 1.807) is 6.20 Å². The molecule has 0 radical (unpaired) electrons. The number of piperidine rings is 1. The molecule has 0 bridgehead atoms. The molecule has 0 aliphatic carbocycles. The molecule has 1 atom stereocenters. The van der Waals surface area contributed by atoms with Crippen LogP contribution in [0.2, 0.25) is 0 Å². The zero-order valence-electron chi connectivity index (χ0n) is 9.34. The Labute approximate surface area is 95.5 Å². The molecular formula is C12H18N2O2. The summed E-state index contributed by atoms with van der Waals surface area (Å²) in [5.74, 6) is 1.31. The van der Waals surface area contributed by atoms with E-state index in [9.17, 15) is 0 Å². The number of aromatic nitrogens is 1. The third kappa shape index (κ3) is 2.51. The van der Waals surface area contributed by atoms with Crippen molar-refractivity contribution in [3.05, 3.63) is 23.9 Å². The maximum Gasteiger partial charge on any atom is 0.128 e. The lowest BCUT2D eigenvalue weighted by Gasteiger charge is -2.32. The van der Waals surface area contributed by atoms with E-state index in [4.69, 9.17) is 10.2 Å².